The number of imidazole rings is 1. The topological polar surface area (TPSA) is 111 Å². The zero-order valence-corrected chi connectivity index (χ0v) is 16.4. The molecule has 2 heterocycles. The maximum Gasteiger partial charge on any atom is 0.256 e. The van der Waals surface area contributed by atoms with Gasteiger partial charge in [0.25, 0.3) is 11.8 Å². The van der Waals surface area contributed by atoms with Crippen LogP contribution in [0.25, 0.3) is 11.0 Å². The maximum absolute atomic E-state index is 13.2. The number of rotatable bonds is 4. The summed E-state index contributed by atoms with van der Waals surface area (Å²) in [6.07, 6.45) is 1.38. The molecule has 1 aliphatic heterocycles. The van der Waals surface area contributed by atoms with Crippen molar-refractivity contribution in [2.75, 3.05) is 12.4 Å². The van der Waals surface area contributed by atoms with Crippen LogP contribution in [0, 0.1) is 13.8 Å². The Morgan fingerprint density at radius 3 is 2.66 bits per heavy atom. The van der Waals surface area contributed by atoms with Gasteiger partial charge in [0.1, 0.15) is 5.82 Å². The Hall–Kier alpha value is -3.68. The number of H-pyrrole nitrogens is 1. The summed E-state index contributed by atoms with van der Waals surface area (Å²) in [5.74, 6) is -0.478. The number of likely N-dealkylation sites (N-methyl/N-ethyl adjacent to an activating group) is 1. The highest BCUT2D eigenvalue weighted by molar-refractivity contribution is 6.05. The van der Waals surface area contributed by atoms with Crippen LogP contribution in [-0.4, -0.2) is 41.2 Å². The molecule has 0 aliphatic carbocycles. The van der Waals surface area contributed by atoms with Gasteiger partial charge in [0, 0.05) is 12.7 Å². The van der Waals surface area contributed by atoms with Crippen LogP contribution < -0.4 is 16.0 Å². The summed E-state index contributed by atoms with van der Waals surface area (Å²) in [5, 5.41) is 8.52. The molecule has 3 aromatic rings. The predicted octanol–water partition coefficient (Wildman–Crippen LogP) is 1.76. The summed E-state index contributed by atoms with van der Waals surface area (Å²) in [6, 6.07) is 12.2. The maximum atomic E-state index is 13.2. The Labute approximate surface area is 167 Å². The van der Waals surface area contributed by atoms with Crippen molar-refractivity contribution in [3.63, 3.8) is 0 Å². The first-order valence-electron chi connectivity index (χ1n) is 9.30. The molecule has 2 amide bonds. The quantitative estimate of drug-likeness (QED) is 0.544. The number of carbonyl (C=O) groups excluding carboxylic acids is 2. The number of hydrogen-bond donors (Lipinski definition) is 4. The monoisotopic (exact) mass is 390 g/mol. The van der Waals surface area contributed by atoms with Crippen molar-refractivity contribution in [3.05, 3.63) is 59.4 Å². The summed E-state index contributed by atoms with van der Waals surface area (Å²) in [6.45, 7) is 3.91. The van der Waals surface area contributed by atoms with E-state index in [2.05, 4.69) is 30.9 Å². The smallest absolute Gasteiger partial charge is 0.256 e. The molecule has 0 radical (unpaired) electrons. The van der Waals surface area contributed by atoms with Crippen LogP contribution in [0.1, 0.15) is 17.0 Å². The number of fused-ring (bicyclic) bond motifs is 1. The summed E-state index contributed by atoms with van der Waals surface area (Å²) in [4.78, 5) is 38.2. The van der Waals surface area contributed by atoms with E-state index in [4.69, 9.17) is 0 Å². The van der Waals surface area contributed by atoms with Crippen molar-refractivity contribution < 1.29 is 9.59 Å². The van der Waals surface area contributed by atoms with E-state index in [1.165, 1.54) is 13.4 Å². The molecule has 0 fully saturated rings. The lowest BCUT2D eigenvalue weighted by molar-refractivity contribution is -0.131. The number of carbonyl (C=O) groups is 2. The van der Waals surface area contributed by atoms with Crippen LogP contribution >= 0.6 is 0 Å². The molecule has 4 rings (SSSR count). The number of nitrogens with one attached hydrogen (secondary N) is 4. The molecule has 4 N–H and O–H groups in total. The van der Waals surface area contributed by atoms with E-state index in [1.54, 1.807) is 0 Å². The number of nitrogens with zero attached hydrogens (tertiary/aromatic N) is 2. The number of aromatic nitrogens is 2. The molecule has 1 aliphatic rings. The van der Waals surface area contributed by atoms with Gasteiger partial charge in [-0.2, -0.15) is 0 Å². The van der Waals surface area contributed by atoms with Gasteiger partial charge >= 0.3 is 0 Å². The van der Waals surface area contributed by atoms with Crippen molar-refractivity contribution in [1.82, 2.24) is 20.6 Å². The van der Waals surface area contributed by atoms with Crippen molar-refractivity contribution in [2.24, 2.45) is 4.99 Å². The van der Waals surface area contributed by atoms with E-state index in [0.29, 0.717) is 17.0 Å². The lowest BCUT2D eigenvalue weighted by Gasteiger charge is -2.30. The highest BCUT2D eigenvalue weighted by atomic mass is 16.2. The van der Waals surface area contributed by atoms with Gasteiger partial charge in [-0.15, -0.1) is 0 Å². The minimum absolute atomic E-state index is 0.330. The summed E-state index contributed by atoms with van der Waals surface area (Å²) in [5.41, 5.74) is 2.71. The average Bonchev–Trinajstić information content (AvgIpc) is 3.34. The Morgan fingerprint density at radius 2 is 1.93 bits per heavy atom. The van der Waals surface area contributed by atoms with Crippen LogP contribution in [0.3, 0.4) is 0 Å². The highest BCUT2D eigenvalue weighted by Gasteiger charge is 2.55. The zero-order chi connectivity index (χ0) is 20.6. The molecule has 2 atom stereocenters. The number of anilines is 1. The molecule has 0 bridgehead atoms. The van der Waals surface area contributed by atoms with Gasteiger partial charge in [-0.25, -0.2) is 4.98 Å². The molecule has 0 saturated heterocycles. The second-order valence-corrected chi connectivity index (χ2v) is 7.12. The number of aromatic amines is 1. The standard InChI is InChI=1S/C21H22N6O2/c1-12-8-9-14(13(2)10-12)25-18(28)17-21(20(29)22-3,24-11-23-17)19-26-15-6-4-5-7-16(15)27-19/h4-11,17H,1-3H3,(H,22,29)(H,23,24)(H,25,28)(H,26,27). The Bertz CT molecular complexity index is 1100. The first kappa shape index (κ1) is 18.7. The fourth-order valence-electron chi connectivity index (χ4n) is 3.66. The zero-order valence-electron chi connectivity index (χ0n) is 16.4. The minimum Gasteiger partial charge on any atom is -0.357 e. The van der Waals surface area contributed by atoms with Gasteiger partial charge in [-0.3, -0.25) is 14.6 Å². The van der Waals surface area contributed by atoms with E-state index in [9.17, 15) is 9.59 Å². The summed E-state index contributed by atoms with van der Waals surface area (Å²) >= 11 is 0. The molecule has 1 aromatic heterocycles. The molecule has 148 valence electrons. The van der Waals surface area contributed by atoms with E-state index in [-0.39, 0.29) is 0 Å². The van der Waals surface area contributed by atoms with Crippen molar-refractivity contribution in [3.8, 4) is 0 Å². The van der Waals surface area contributed by atoms with Gasteiger partial charge in [-0.05, 0) is 37.6 Å². The fourth-order valence-corrected chi connectivity index (χ4v) is 3.66. The highest BCUT2D eigenvalue weighted by Crippen LogP contribution is 2.31. The lowest BCUT2D eigenvalue weighted by atomic mass is 9.88. The molecule has 8 nitrogen and oxygen atoms in total. The third-order valence-electron chi connectivity index (χ3n) is 5.16. The van der Waals surface area contributed by atoms with Crippen LogP contribution in [0.5, 0.6) is 0 Å². The summed E-state index contributed by atoms with van der Waals surface area (Å²) < 4.78 is 0. The molecule has 0 spiro atoms. The number of hydrogen-bond acceptors (Lipinski definition) is 5. The van der Waals surface area contributed by atoms with Gasteiger partial charge in [-0.1, -0.05) is 29.8 Å². The molecule has 0 saturated carbocycles. The molecule has 2 unspecified atom stereocenters. The van der Waals surface area contributed by atoms with Crippen molar-refractivity contribution in [1.29, 1.82) is 0 Å². The number of amides is 2. The minimum atomic E-state index is -1.48. The first-order valence-corrected chi connectivity index (χ1v) is 9.30. The molecular weight excluding hydrogens is 368 g/mol. The van der Waals surface area contributed by atoms with Crippen LogP contribution in [0.4, 0.5) is 5.69 Å². The molecule has 2 aromatic carbocycles. The van der Waals surface area contributed by atoms with Gasteiger partial charge in [0.05, 0.1) is 17.4 Å². The van der Waals surface area contributed by atoms with Gasteiger partial charge in [0.15, 0.2) is 6.04 Å². The van der Waals surface area contributed by atoms with E-state index < -0.39 is 23.4 Å². The van der Waals surface area contributed by atoms with Crippen molar-refractivity contribution >= 4 is 34.9 Å². The van der Waals surface area contributed by atoms with Crippen LogP contribution in [-0.2, 0) is 15.1 Å². The fraction of sp³-hybridized carbons (Fsp3) is 0.238. The van der Waals surface area contributed by atoms with Crippen molar-refractivity contribution in [2.45, 2.75) is 25.4 Å². The third kappa shape index (κ3) is 3.02. The van der Waals surface area contributed by atoms with Crippen LogP contribution in [0.2, 0.25) is 0 Å². The normalized spacial score (nSPS) is 20.4. The Morgan fingerprint density at radius 1 is 1.14 bits per heavy atom. The SMILES string of the molecule is CNC(=O)C1(c2nc3ccccc3[nH]2)NC=NC1C(=O)Nc1ccc(C)cc1C. The van der Waals surface area contributed by atoms with E-state index in [0.717, 1.165) is 16.6 Å². The molecular formula is C21H22N6O2. The average molecular weight is 390 g/mol. The predicted molar refractivity (Wildman–Crippen MR) is 112 cm³/mol. The number of para-hydroxylation sites is 2. The van der Waals surface area contributed by atoms with Crippen LogP contribution in [0.15, 0.2) is 47.5 Å². The second-order valence-electron chi connectivity index (χ2n) is 7.12. The van der Waals surface area contributed by atoms with E-state index in [1.807, 2.05) is 56.3 Å². The number of aryl methyl sites for hydroxylation is 2. The lowest BCUT2D eigenvalue weighted by Crippen LogP contribution is -2.60. The first-order chi connectivity index (χ1) is 14.0. The Kier molecular flexibility index (Phi) is 4.54. The molecule has 29 heavy (non-hydrogen) atoms. The van der Waals surface area contributed by atoms with E-state index >= 15 is 0 Å². The Balaban J connectivity index is 1.75. The van der Waals surface area contributed by atoms with Gasteiger partial charge < -0.3 is 20.9 Å². The molecule has 8 heteroatoms. The summed E-state index contributed by atoms with van der Waals surface area (Å²) in [7, 11) is 1.52. The number of benzene rings is 2. The van der Waals surface area contributed by atoms with Gasteiger partial charge in [0.2, 0.25) is 5.54 Å². The second kappa shape index (κ2) is 7.05. The largest absolute Gasteiger partial charge is 0.357 e. The third-order valence-corrected chi connectivity index (χ3v) is 5.16. The number of aliphatic imine (C=N–C) groups is 1.